The Kier molecular flexibility index (Phi) is 5.28. The SMILES string of the molecule is COC(=O)Cc1ccccc1CSCC1(CC(=O)O)CC1. The summed E-state index contributed by atoms with van der Waals surface area (Å²) in [6.45, 7) is 0. The van der Waals surface area contributed by atoms with Gasteiger partial charge in [0, 0.05) is 5.75 Å². The van der Waals surface area contributed by atoms with Gasteiger partial charge in [0.25, 0.3) is 0 Å². The van der Waals surface area contributed by atoms with Gasteiger partial charge >= 0.3 is 11.9 Å². The van der Waals surface area contributed by atoms with Crippen LogP contribution in [0.3, 0.4) is 0 Å². The van der Waals surface area contributed by atoms with Crippen LogP contribution >= 0.6 is 11.8 Å². The van der Waals surface area contributed by atoms with E-state index in [-0.39, 0.29) is 24.2 Å². The molecule has 0 radical (unpaired) electrons. The molecule has 1 aromatic rings. The van der Waals surface area contributed by atoms with Crippen molar-refractivity contribution in [2.75, 3.05) is 12.9 Å². The van der Waals surface area contributed by atoms with Crippen LogP contribution in [0, 0.1) is 5.41 Å². The molecule has 1 aromatic carbocycles. The van der Waals surface area contributed by atoms with Crippen LogP contribution in [0.1, 0.15) is 30.4 Å². The first-order valence-electron chi connectivity index (χ1n) is 6.98. The van der Waals surface area contributed by atoms with Crippen LogP contribution in [0.4, 0.5) is 0 Å². The fraction of sp³-hybridized carbons (Fsp3) is 0.500. The summed E-state index contributed by atoms with van der Waals surface area (Å²) in [6.07, 6.45) is 2.57. The molecular weight excluding hydrogens is 288 g/mol. The third-order valence-electron chi connectivity index (χ3n) is 3.83. The fourth-order valence-electron chi connectivity index (χ4n) is 2.35. The van der Waals surface area contributed by atoms with Crippen molar-refractivity contribution in [3.05, 3.63) is 35.4 Å². The molecule has 1 aliphatic rings. The molecule has 0 saturated heterocycles. The number of carboxylic acids is 1. The van der Waals surface area contributed by atoms with Crippen molar-refractivity contribution < 1.29 is 19.4 Å². The highest BCUT2D eigenvalue weighted by Gasteiger charge is 2.44. The average molecular weight is 308 g/mol. The van der Waals surface area contributed by atoms with Gasteiger partial charge in [-0.05, 0) is 35.1 Å². The van der Waals surface area contributed by atoms with Crippen LogP contribution in [0.25, 0.3) is 0 Å². The molecule has 1 aliphatic carbocycles. The highest BCUT2D eigenvalue weighted by Crippen LogP contribution is 2.51. The van der Waals surface area contributed by atoms with Crippen LogP contribution in [0.5, 0.6) is 0 Å². The normalized spacial score (nSPS) is 15.5. The molecule has 1 saturated carbocycles. The van der Waals surface area contributed by atoms with Crippen LogP contribution in [-0.2, 0) is 26.5 Å². The molecule has 0 heterocycles. The van der Waals surface area contributed by atoms with Crippen molar-refractivity contribution in [2.24, 2.45) is 5.41 Å². The Morgan fingerprint density at radius 3 is 2.52 bits per heavy atom. The number of aliphatic carboxylic acids is 1. The maximum Gasteiger partial charge on any atom is 0.309 e. The Labute approximate surface area is 128 Å². The standard InChI is InChI=1S/C16H20O4S/c1-20-15(19)8-12-4-2-3-5-13(12)10-21-11-16(6-7-16)9-14(17)18/h2-5H,6-11H2,1H3,(H,17,18). The zero-order valence-corrected chi connectivity index (χ0v) is 12.9. The van der Waals surface area contributed by atoms with E-state index in [0.29, 0.717) is 0 Å². The number of esters is 1. The van der Waals surface area contributed by atoms with E-state index in [1.54, 1.807) is 11.8 Å². The highest BCUT2D eigenvalue weighted by atomic mass is 32.2. The molecule has 1 fully saturated rings. The van der Waals surface area contributed by atoms with Crippen molar-refractivity contribution in [1.82, 2.24) is 0 Å². The molecule has 0 aromatic heterocycles. The van der Waals surface area contributed by atoms with Crippen LogP contribution < -0.4 is 0 Å². The summed E-state index contributed by atoms with van der Waals surface area (Å²) in [5.74, 6) is 0.719. The quantitative estimate of drug-likeness (QED) is 0.748. The summed E-state index contributed by atoms with van der Waals surface area (Å²) >= 11 is 1.75. The fourth-order valence-corrected chi connectivity index (χ4v) is 3.77. The second kappa shape index (κ2) is 6.98. The van der Waals surface area contributed by atoms with Crippen molar-refractivity contribution in [3.8, 4) is 0 Å². The Hall–Kier alpha value is -1.49. The number of carboxylic acid groups (broad SMARTS) is 1. The third kappa shape index (κ3) is 4.77. The monoisotopic (exact) mass is 308 g/mol. The molecule has 0 bridgehead atoms. The Bertz CT molecular complexity index is 523. The van der Waals surface area contributed by atoms with E-state index in [1.807, 2.05) is 24.3 Å². The Balaban J connectivity index is 1.88. The number of methoxy groups -OCH3 is 1. The maximum atomic E-state index is 11.4. The summed E-state index contributed by atoms with van der Waals surface area (Å²) in [4.78, 5) is 22.2. The molecule has 114 valence electrons. The molecule has 5 heteroatoms. The second-order valence-electron chi connectivity index (χ2n) is 5.58. The number of carbonyl (C=O) groups is 2. The van der Waals surface area contributed by atoms with Gasteiger partial charge in [-0.2, -0.15) is 11.8 Å². The van der Waals surface area contributed by atoms with Crippen molar-refractivity contribution in [3.63, 3.8) is 0 Å². The molecule has 4 nitrogen and oxygen atoms in total. The van der Waals surface area contributed by atoms with E-state index in [0.717, 1.165) is 35.5 Å². The lowest BCUT2D eigenvalue weighted by Gasteiger charge is -2.13. The summed E-state index contributed by atoms with van der Waals surface area (Å²) in [6, 6.07) is 7.83. The summed E-state index contributed by atoms with van der Waals surface area (Å²) in [7, 11) is 1.39. The van der Waals surface area contributed by atoms with Crippen molar-refractivity contribution in [2.45, 2.75) is 31.4 Å². The average Bonchev–Trinajstić information content (AvgIpc) is 3.19. The topological polar surface area (TPSA) is 63.6 Å². The van der Waals surface area contributed by atoms with E-state index in [4.69, 9.17) is 9.84 Å². The van der Waals surface area contributed by atoms with Crippen LogP contribution in [0.2, 0.25) is 0 Å². The number of carbonyl (C=O) groups excluding carboxylic acids is 1. The van der Waals surface area contributed by atoms with Gasteiger partial charge in [-0.15, -0.1) is 0 Å². The van der Waals surface area contributed by atoms with E-state index < -0.39 is 5.97 Å². The molecule has 0 spiro atoms. The predicted molar refractivity (Wildman–Crippen MR) is 82.2 cm³/mol. The first-order chi connectivity index (χ1) is 10.0. The number of thioether (sulfide) groups is 1. The van der Waals surface area contributed by atoms with Crippen LogP contribution in [-0.4, -0.2) is 29.9 Å². The maximum absolute atomic E-state index is 11.4. The van der Waals surface area contributed by atoms with Gasteiger partial charge in [-0.25, -0.2) is 0 Å². The second-order valence-corrected chi connectivity index (χ2v) is 6.57. The minimum Gasteiger partial charge on any atom is -0.481 e. The van der Waals surface area contributed by atoms with Gasteiger partial charge < -0.3 is 9.84 Å². The van der Waals surface area contributed by atoms with E-state index >= 15 is 0 Å². The molecule has 0 amide bonds. The molecule has 1 N–H and O–H groups in total. The van der Waals surface area contributed by atoms with Gasteiger partial charge in [-0.1, -0.05) is 24.3 Å². The molecule has 21 heavy (non-hydrogen) atoms. The molecule has 0 aliphatic heterocycles. The number of benzene rings is 1. The van der Waals surface area contributed by atoms with Gasteiger partial charge in [0.05, 0.1) is 20.0 Å². The zero-order chi connectivity index (χ0) is 15.3. The lowest BCUT2D eigenvalue weighted by molar-refractivity contribution is -0.140. The van der Waals surface area contributed by atoms with E-state index in [9.17, 15) is 9.59 Å². The minimum absolute atomic E-state index is 0.00773. The summed E-state index contributed by atoms with van der Waals surface area (Å²) in [5, 5.41) is 8.92. The number of hydrogen-bond donors (Lipinski definition) is 1. The first kappa shape index (κ1) is 15.9. The van der Waals surface area contributed by atoms with Crippen molar-refractivity contribution >= 4 is 23.7 Å². The molecular formula is C16H20O4S. The van der Waals surface area contributed by atoms with Gasteiger partial charge in [0.1, 0.15) is 0 Å². The lowest BCUT2D eigenvalue weighted by atomic mass is 10.1. The predicted octanol–water partition coefficient (Wildman–Crippen LogP) is 2.89. The third-order valence-corrected chi connectivity index (χ3v) is 5.16. The highest BCUT2D eigenvalue weighted by molar-refractivity contribution is 7.98. The molecule has 2 rings (SSSR count). The number of rotatable bonds is 8. The molecule has 0 atom stereocenters. The number of hydrogen-bond acceptors (Lipinski definition) is 4. The lowest BCUT2D eigenvalue weighted by Crippen LogP contribution is -2.11. The number of ether oxygens (including phenoxy) is 1. The van der Waals surface area contributed by atoms with Gasteiger partial charge in [0.15, 0.2) is 0 Å². The Morgan fingerprint density at radius 2 is 1.95 bits per heavy atom. The summed E-state index contributed by atoms with van der Waals surface area (Å²) in [5.41, 5.74) is 2.12. The summed E-state index contributed by atoms with van der Waals surface area (Å²) < 4.78 is 4.71. The Morgan fingerprint density at radius 1 is 1.29 bits per heavy atom. The van der Waals surface area contributed by atoms with Crippen LogP contribution in [0.15, 0.2) is 24.3 Å². The smallest absolute Gasteiger partial charge is 0.309 e. The van der Waals surface area contributed by atoms with Gasteiger partial charge in [0.2, 0.25) is 0 Å². The zero-order valence-electron chi connectivity index (χ0n) is 12.1. The minimum atomic E-state index is -0.709. The first-order valence-corrected chi connectivity index (χ1v) is 8.13. The van der Waals surface area contributed by atoms with Crippen molar-refractivity contribution in [1.29, 1.82) is 0 Å². The van der Waals surface area contributed by atoms with E-state index in [1.165, 1.54) is 7.11 Å². The molecule has 0 unspecified atom stereocenters. The largest absolute Gasteiger partial charge is 0.481 e. The van der Waals surface area contributed by atoms with Gasteiger partial charge in [-0.3, -0.25) is 9.59 Å². The van der Waals surface area contributed by atoms with E-state index in [2.05, 4.69) is 0 Å².